The highest BCUT2D eigenvalue weighted by Gasteiger charge is 2.25. The third-order valence-electron chi connectivity index (χ3n) is 3.54. The maximum Gasteiger partial charge on any atom is 0.275 e. The lowest BCUT2D eigenvalue weighted by atomic mass is 10.1. The predicted molar refractivity (Wildman–Crippen MR) is 91.4 cm³/mol. The number of carbonyl (C=O) groups is 1. The minimum absolute atomic E-state index is 0.234. The Morgan fingerprint density at radius 1 is 1.21 bits per heavy atom. The Hall–Kier alpha value is -2.96. The number of carbonyl (C=O) groups excluding carboxylic acids is 1. The van der Waals surface area contributed by atoms with Crippen LogP contribution in [-0.2, 0) is 5.54 Å². The number of nitrogens with zero attached hydrogens (tertiary/aromatic N) is 4. The molecule has 124 valence electrons. The molecule has 1 N–H and O–H groups in total. The second-order valence-corrected chi connectivity index (χ2v) is 6.58. The zero-order chi connectivity index (χ0) is 17.5. The largest absolute Gasteiger partial charge is 0.305 e. The molecule has 0 fully saturated rings. The van der Waals surface area contributed by atoms with E-state index in [1.54, 1.807) is 16.8 Å². The van der Waals surface area contributed by atoms with E-state index in [0.717, 1.165) is 5.69 Å². The monoisotopic (exact) mass is 325 g/mol. The number of pyridine rings is 1. The third-order valence-corrected chi connectivity index (χ3v) is 3.54. The molecular formula is C17H19N5O2. The number of fused-ring (bicyclic) bond motifs is 1. The SMILES string of the molecule is Cc1cccc(NC(=O)c2cc3nccc(=O)n3n2C(C)(C)C)n1. The van der Waals surface area contributed by atoms with E-state index in [1.165, 1.54) is 16.8 Å². The number of aryl methyl sites for hydroxylation is 1. The highest BCUT2D eigenvalue weighted by Crippen LogP contribution is 2.20. The smallest absolute Gasteiger partial charge is 0.275 e. The molecule has 0 bridgehead atoms. The van der Waals surface area contributed by atoms with Gasteiger partial charge in [-0.1, -0.05) is 6.07 Å². The van der Waals surface area contributed by atoms with Gasteiger partial charge < -0.3 is 5.32 Å². The Labute approximate surface area is 139 Å². The van der Waals surface area contributed by atoms with Gasteiger partial charge in [0.2, 0.25) is 0 Å². The molecule has 3 heterocycles. The van der Waals surface area contributed by atoms with Crippen molar-refractivity contribution >= 4 is 17.4 Å². The fourth-order valence-corrected chi connectivity index (χ4v) is 2.62. The van der Waals surface area contributed by atoms with Crippen molar-refractivity contribution in [3.63, 3.8) is 0 Å². The molecule has 0 atom stereocenters. The first-order valence-electron chi connectivity index (χ1n) is 7.63. The first kappa shape index (κ1) is 15.9. The van der Waals surface area contributed by atoms with E-state index in [4.69, 9.17) is 0 Å². The first-order valence-corrected chi connectivity index (χ1v) is 7.63. The lowest BCUT2D eigenvalue weighted by molar-refractivity contribution is 0.100. The van der Waals surface area contributed by atoms with Gasteiger partial charge in [-0.05, 0) is 39.8 Å². The summed E-state index contributed by atoms with van der Waals surface area (Å²) in [6, 6.07) is 8.38. The second kappa shape index (κ2) is 5.59. The average molecular weight is 325 g/mol. The quantitative estimate of drug-likeness (QED) is 0.783. The van der Waals surface area contributed by atoms with Crippen LogP contribution in [0.5, 0.6) is 0 Å². The van der Waals surface area contributed by atoms with Gasteiger partial charge in [-0.25, -0.2) is 9.97 Å². The van der Waals surface area contributed by atoms with Crippen LogP contribution >= 0.6 is 0 Å². The summed E-state index contributed by atoms with van der Waals surface area (Å²) in [6.07, 6.45) is 1.44. The van der Waals surface area contributed by atoms with E-state index in [0.29, 0.717) is 17.2 Å². The molecular weight excluding hydrogens is 306 g/mol. The normalized spacial score (nSPS) is 11.7. The predicted octanol–water partition coefficient (Wildman–Crippen LogP) is 2.21. The molecule has 0 unspecified atom stereocenters. The maximum absolute atomic E-state index is 12.8. The van der Waals surface area contributed by atoms with E-state index >= 15 is 0 Å². The fraction of sp³-hybridized carbons (Fsp3) is 0.294. The van der Waals surface area contributed by atoms with Gasteiger partial charge in [-0.2, -0.15) is 4.52 Å². The number of anilines is 1. The van der Waals surface area contributed by atoms with Crippen molar-refractivity contribution in [1.29, 1.82) is 0 Å². The van der Waals surface area contributed by atoms with Crippen LogP contribution in [0.15, 0.2) is 41.3 Å². The first-order chi connectivity index (χ1) is 11.3. The van der Waals surface area contributed by atoms with Crippen LogP contribution in [0.4, 0.5) is 5.82 Å². The van der Waals surface area contributed by atoms with Crippen LogP contribution < -0.4 is 10.9 Å². The summed E-state index contributed by atoms with van der Waals surface area (Å²) in [5, 5.41) is 2.78. The average Bonchev–Trinajstić information content (AvgIpc) is 2.88. The molecule has 24 heavy (non-hydrogen) atoms. The molecule has 7 nitrogen and oxygen atoms in total. The molecule has 7 heteroatoms. The third kappa shape index (κ3) is 2.80. The molecule has 3 aromatic heterocycles. The van der Waals surface area contributed by atoms with Crippen LogP contribution in [-0.4, -0.2) is 25.1 Å². The summed E-state index contributed by atoms with van der Waals surface area (Å²) in [5.74, 6) is 0.124. The fourth-order valence-electron chi connectivity index (χ4n) is 2.62. The van der Waals surface area contributed by atoms with Crippen molar-refractivity contribution in [3.8, 4) is 0 Å². The molecule has 0 aliphatic heterocycles. The van der Waals surface area contributed by atoms with Crippen LogP contribution in [0.1, 0.15) is 37.0 Å². The van der Waals surface area contributed by atoms with E-state index in [-0.39, 0.29) is 11.5 Å². The molecule has 3 rings (SSSR count). The zero-order valence-electron chi connectivity index (χ0n) is 14.1. The minimum atomic E-state index is -0.485. The highest BCUT2D eigenvalue weighted by atomic mass is 16.2. The number of rotatable bonds is 2. The van der Waals surface area contributed by atoms with Crippen LogP contribution in [0.25, 0.3) is 5.65 Å². The van der Waals surface area contributed by atoms with Crippen molar-refractivity contribution in [2.45, 2.75) is 33.2 Å². The number of nitrogens with one attached hydrogen (secondary N) is 1. The van der Waals surface area contributed by atoms with Crippen LogP contribution in [0.3, 0.4) is 0 Å². The Kier molecular flexibility index (Phi) is 3.71. The summed E-state index contributed by atoms with van der Waals surface area (Å²) in [4.78, 5) is 33.5. The van der Waals surface area contributed by atoms with Crippen molar-refractivity contribution in [3.05, 3.63) is 58.3 Å². The Balaban J connectivity index is 2.13. The van der Waals surface area contributed by atoms with Crippen molar-refractivity contribution in [2.24, 2.45) is 0 Å². The number of aromatic nitrogens is 4. The maximum atomic E-state index is 12.8. The van der Waals surface area contributed by atoms with Gasteiger partial charge in [0.05, 0.1) is 5.54 Å². The standard InChI is InChI=1S/C17H19N5O2/c1-11-6-5-7-13(19-11)20-16(24)12-10-14-18-9-8-15(23)21(14)22(12)17(2,3)4/h5-10H,1-4H3,(H,19,20,24). The molecule has 0 saturated carbocycles. The van der Waals surface area contributed by atoms with Crippen LogP contribution in [0, 0.1) is 6.92 Å². The van der Waals surface area contributed by atoms with E-state index < -0.39 is 5.54 Å². The topological polar surface area (TPSA) is 81.3 Å². The lowest BCUT2D eigenvalue weighted by Crippen LogP contribution is -2.35. The summed E-state index contributed by atoms with van der Waals surface area (Å²) in [6.45, 7) is 7.63. The molecule has 1 amide bonds. The van der Waals surface area contributed by atoms with Crippen LogP contribution in [0.2, 0.25) is 0 Å². The number of hydrogen-bond donors (Lipinski definition) is 1. The number of amides is 1. The molecule has 0 radical (unpaired) electrons. The molecule has 0 aliphatic rings. The Morgan fingerprint density at radius 2 is 1.96 bits per heavy atom. The Morgan fingerprint density at radius 3 is 2.62 bits per heavy atom. The molecule has 3 aromatic rings. The van der Waals surface area contributed by atoms with E-state index in [2.05, 4.69) is 15.3 Å². The van der Waals surface area contributed by atoms with Gasteiger partial charge in [0, 0.05) is 24.0 Å². The summed E-state index contributed by atoms with van der Waals surface area (Å²) >= 11 is 0. The van der Waals surface area contributed by atoms with Gasteiger partial charge >= 0.3 is 0 Å². The second-order valence-electron chi connectivity index (χ2n) is 6.58. The summed E-state index contributed by atoms with van der Waals surface area (Å²) < 4.78 is 3.07. The number of hydrogen-bond acceptors (Lipinski definition) is 4. The minimum Gasteiger partial charge on any atom is -0.305 e. The molecule has 0 saturated heterocycles. The molecule has 0 spiro atoms. The van der Waals surface area contributed by atoms with Crippen molar-refractivity contribution in [1.82, 2.24) is 19.2 Å². The molecule has 0 aromatic carbocycles. The van der Waals surface area contributed by atoms with E-state index in [1.807, 2.05) is 39.8 Å². The summed E-state index contributed by atoms with van der Waals surface area (Å²) in [5.41, 5.74) is 0.868. The van der Waals surface area contributed by atoms with Crippen molar-refractivity contribution in [2.75, 3.05) is 5.32 Å². The zero-order valence-corrected chi connectivity index (χ0v) is 14.1. The Bertz CT molecular complexity index is 979. The van der Waals surface area contributed by atoms with Gasteiger partial charge in [-0.3, -0.25) is 14.3 Å². The van der Waals surface area contributed by atoms with Crippen molar-refractivity contribution < 1.29 is 4.79 Å². The lowest BCUT2D eigenvalue weighted by Gasteiger charge is -2.24. The highest BCUT2D eigenvalue weighted by molar-refractivity contribution is 6.03. The van der Waals surface area contributed by atoms with Gasteiger partial charge in [0.15, 0.2) is 5.65 Å². The summed E-state index contributed by atoms with van der Waals surface area (Å²) in [7, 11) is 0. The van der Waals surface area contributed by atoms with E-state index in [9.17, 15) is 9.59 Å². The molecule has 0 aliphatic carbocycles. The van der Waals surface area contributed by atoms with Gasteiger partial charge in [-0.15, -0.1) is 0 Å². The van der Waals surface area contributed by atoms with Gasteiger partial charge in [0.25, 0.3) is 11.5 Å². The van der Waals surface area contributed by atoms with Gasteiger partial charge in [0.1, 0.15) is 11.5 Å².